The highest BCUT2D eigenvalue weighted by molar-refractivity contribution is 14.2. The van der Waals surface area contributed by atoms with Crippen molar-refractivity contribution in [3.8, 4) is 11.4 Å². The molecule has 0 aliphatic heterocycles. The molecule has 9 heteroatoms. The number of aromatic nitrogens is 4. The summed E-state index contributed by atoms with van der Waals surface area (Å²) in [5, 5.41) is 1.29. The molecular formula is C16H18ClFIN5S. The Morgan fingerprint density at radius 2 is 2.00 bits per heavy atom. The van der Waals surface area contributed by atoms with Crippen molar-refractivity contribution in [2.75, 3.05) is 5.73 Å². The van der Waals surface area contributed by atoms with Crippen molar-refractivity contribution in [3.63, 3.8) is 0 Å². The van der Waals surface area contributed by atoms with Crippen LogP contribution in [0.4, 0.5) is 10.2 Å². The number of unbranched alkanes of at least 4 members (excludes halogenated alkanes) is 2. The number of nitrogen functional groups attached to an aromatic ring is 1. The molecule has 25 heavy (non-hydrogen) atoms. The zero-order chi connectivity index (χ0) is 18.4. The van der Waals surface area contributed by atoms with E-state index in [0.717, 1.165) is 17.2 Å². The molecule has 5 nitrogen and oxygen atoms in total. The lowest BCUT2D eigenvalue weighted by molar-refractivity contribution is 0.620. The maximum Gasteiger partial charge on any atom is 0.183 e. The van der Waals surface area contributed by atoms with E-state index < -0.39 is 5.82 Å². The van der Waals surface area contributed by atoms with Gasteiger partial charge in [-0.15, -0.1) is 0 Å². The first-order chi connectivity index (χ1) is 12.0. The van der Waals surface area contributed by atoms with Gasteiger partial charge < -0.3 is 5.73 Å². The van der Waals surface area contributed by atoms with E-state index >= 15 is 0 Å². The van der Waals surface area contributed by atoms with Crippen molar-refractivity contribution in [1.82, 2.24) is 18.9 Å². The zero-order valence-corrected chi connectivity index (χ0v) is 17.6. The Kier molecular flexibility index (Phi) is 7.70. The lowest BCUT2D eigenvalue weighted by atomic mass is 10.2. The molecule has 0 bridgehead atoms. The minimum absolute atomic E-state index is 0.187. The van der Waals surface area contributed by atoms with Crippen LogP contribution < -0.4 is 5.73 Å². The fourth-order valence-corrected chi connectivity index (χ4v) is 3.56. The number of nitrogens with two attached hydrogens (primary N) is 1. The van der Waals surface area contributed by atoms with Crippen LogP contribution in [0.25, 0.3) is 22.4 Å². The van der Waals surface area contributed by atoms with E-state index in [4.69, 9.17) is 17.3 Å². The van der Waals surface area contributed by atoms with Gasteiger partial charge in [0, 0.05) is 53.7 Å². The van der Waals surface area contributed by atoms with Crippen molar-refractivity contribution >= 4 is 58.8 Å². The molecular weight excluding hydrogens is 476 g/mol. The second-order valence-electron chi connectivity index (χ2n) is 5.24. The molecule has 2 N–H and O–H groups in total. The average Bonchev–Trinajstić information content (AvgIpc) is 2.96. The Labute approximate surface area is 167 Å². The van der Waals surface area contributed by atoms with Crippen LogP contribution in [0.15, 0.2) is 24.7 Å². The summed E-state index contributed by atoms with van der Waals surface area (Å²) in [6, 6.07) is 1.77. The molecule has 3 rings (SSSR count). The summed E-state index contributed by atoms with van der Waals surface area (Å²) in [4.78, 5) is 12.2. The lowest BCUT2D eigenvalue weighted by Gasteiger charge is -2.00. The fourth-order valence-electron chi connectivity index (χ4n) is 2.15. The number of rotatable bonds is 4. The van der Waals surface area contributed by atoms with Gasteiger partial charge >= 0.3 is 0 Å². The molecule has 0 amide bonds. The fraction of sp³-hybridized carbons (Fsp3) is 0.312. The van der Waals surface area contributed by atoms with E-state index in [-0.39, 0.29) is 5.82 Å². The smallest absolute Gasteiger partial charge is 0.183 e. The number of halogens is 3. The summed E-state index contributed by atoms with van der Waals surface area (Å²) in [5.41, 5.74) is 6.92. The monoisotopic (exact) mass is 493 g/mol. The van der Waals surface area contributed by atoms with E-state index in [2.05, 4.69) is 50.0 Å². The van der Waals surface area contributed by atoms with Crippen LogP contribution in [0.3, 0.4) is 0 Å². The number of anilines is 1. The third kappa shape index (κ3) is 4.95. The first kappa shape index (κ1) is 20.2. The van der Waals surface area contributed by atoms with Gasteiger partial charge in [-0.25, -0.2) is 19.3 Å². The van der Waals surface area contributed by atoms with Gasteiger partial charge in [-0.2, -0.15) is 0 Å². The summed E-state index contributed by atoms with van der Waals surface area (Å²) >= 11 is 8.12. The first-order valence-electron chi connectivity index (χ1n) is 7.75. The molecule has 0 aliphatic rings. The predicted octanol–water partition coefficient (Wildman–Crippen LogP) is 5.91. The molecule has 134 valence electrons. The van der Waals surface area contributed by atoms with Gasteiger partial charge in [-0.1, -0.05) is 44.7 Å². The Morgan fingerprint density at radius 1 is 1.28 bits per heavy atom. The van der Waals surface area contributed by atoms with Gasteiger partial charge in [0.2, 0.25) is 0 Å². The molecule has 3 aromatic heterocycles. The third-order valence-electron chi connectivity index (χ3n) is 3.37. The first-order valence-corrected chi connectivity index (χ1v) is 11.4. The van der Waals surface area contributed by atoms with Crippen LogP contribution in [-0.2, 0) is 0 Å². The van der Waals surface area contributed by atoms with E-state index in [0.29, 0.717) is 16.4 Å². The largest absolute Gasteiger partial charge is 0.381 e. The standard InChI is InChI=1S/C11H6ClFIN5S.C5H12/c12-5-1-6-7(4-19(20-14)11(6)17-2-5)10-16-3-8(13)9(15)18-10;1-3-5-4-2/h1-4H,(H2,15,16,18);3-5H2,1-2H3. The Balaban J connectivity index is 0.000000399. The van der Waals surface area contributed by atoms with Gasteiger partial charge in [-0.05, 0) is 6.07 Å². The molecule has 3 heterocycles. The Morgan fingerprint density at radius 3 is 2.56 bits per heavy atom. The molecule has 0 unspecified atom stereocenters. The van der Waals surface area contributed by atoms with Crippen molar-refractivity contribution in [2.24, 2.45) is 0 Å². The molecule has 3 aromatic rings. The maximum absolute atomic E-state index is 13.2. The van der Waals surface area contributed by atoms with Gasteiger partial charge in [-0.3, -0.25) is 3.97 Å². The van der Waals surface area contributed by atoms with Crippen molar-refractivity contribution < 1.29 is 4.39 Å². The highest BCUT2D eigenvalue weighted by Crippen LogP contribution is 2.33. The van der Waals surface area contributed by atoms with Gasteiger partial charge in [0.1, 0.15) is 0 Å². The SMILES string of the molecule is CCCCC.Nc1nc(-c2cn(SI)c3ncc(Cl)cc23)ncc1F. The van der Waals surface area contributed by atoms with E-state index in [1.54, 1.807) is 12.3 Å². The number of nitrogens with zero attached hydrogens (tertiary/aromatic N) is 4. The quantitative estimate of drug-likeness (QED) is 0.458. The number of pyridine rings is 1. The van der Waals surface area contributed by atoms with Crippen LogP contribution >= 0.6 is 41.9 Å². The second kappa shape index (κ2) is 9.54. The molecule has 0 aliphatic carbocycles. The van der Waals surface area contributed by atoms with Crippen LogP contribution in [-0.4, -0.2) is 18.9 Å². The molecule has 0 saturated carbocycles. The highest BCUT2D eigenvalue weighted by Gasteiger charge is 2.15. The molecule has 0 radical (unpaired) electrons. The van der Waals surface area contributed by atoms with Crippen molar-refractivity contribution in [1.29, 1.82) is 0 Å². The molecule has 0 spiro atoms. The van der Waals surface area contributed by atoms with E-state index in [9.17, 15) is 4.39 Å². The number of hydrogen-bond acceptors (Lipinski definition) is 5. The summed E-state index contributed by atoms with van der Waals surface area (Å²) in [5.74, 6) is -0.493. The lowest BCUT2D eigenvalue weighted by Crippen LogP contribution is -1.98. The summed E-state index contributed by atoms with van der Waals surface area (Å²) in [6.45, 7) is 4.42. The second-order valence-corrected chi connectivity index (χ2v) is 7.39. The number of hydrogen-bond donors (Lipinski definition) is 1. The average molecular weight is 494 g/mol. The summed E-state index contributed by atoms with van der Waals surface area (Å²) in [6.07, 6.45) is 8.51. The topological polar surface area (TPSA) is 69.6 Å². The van der Waals surface area contributed by atoms with Gasteiger partial charge in [0.05, 0.1) is 11.2 Å². The minimum atomic E-state index is -0.642. The molecule has 0 fully saturated rings. The molecule has 0 atom stereocenters. The van der Waals surface area contributed by atoms with Gasteiger partial charge in [0.25, 0.3) is 0 Å². The molecule has 0 aromatic carbocycles. The minimum Gasteiger partial charge on any atom is -0.381 e. The summed E-state index contributed by atoms with van der Waals surface area (Å²) in [7, 11) is 1.45. The number of fused-ring (bicyclic) bond motifs is 1. The van der Waals surface area contributed by atoms with Crippen molar-refractivity contribution in [3.05, 3.63) is 35.5 Å². The Hall–Kier alpha value is -1.13. The zero-order valence-electron chi connectivity index (χ0n) is 13.8. The molecule has 0 saturated heterocycles. The van der Waals surface area contributed by atoms with E-state index in [1.807, 2.05) is 10.2 Å². The van der Waals surface area contributed by atoms with Crippen LogP contribution in [0.5, 0.6) is 0 Å². The van der Waals surface area contributed by atoms with Gasteiger partial charge in [0.15, 0.2) is 23.1 Å². The third-order valence-corrected chi connectivity index (χ3v) is 5.28. The normalized spacial score (nSPS) is 10.6. The maximum atomic E-state index is 13.2. The summed E-state index contributed by atoms with van der Waals surface area (Å²) < 4.78 is 15.0. The van der Waals surface area contributed by atoms with E-state index in [1.165, 1.54) is 28.4 Å². The van der Waals surface area contributed by atoms with Crippen molar-refractivity contribution in [2.45, 2.75) is 33.1 Å². The van der Waals surface area contributed by atoms with Crippen LogP contribution in [0.2, 0.25) is 5.02 Å². The van der Waals surface area contributed by atoms with Crippen LogP contribution in [0.1, 0.15) is 33.1 Å². The Bertz CT molecular complexity index is 856. The van der Waals surface area contributed by atoms with Crippen LogP contribution in [0, 0.1) is 5.82 Å². The highest BCUT2D eigenvalue weighted by atomic mass is 127. The predicted molar refractivity (Wildman–Crippen MR) is 112 cm³/mol.